The van der Waals surface area contributed by atoms with Crippen LogP contribution < -0.4 is 0 Å². The number of rotatable bonds is 4. The highest BCUT2D eigenvalue weighted by Crippen LogP contribution is 2.40. The second-order valence-electron chi connectivity index (χ2n) is 8.96. The molecule has 0 unspecified atom stereocenters. The van der Waals surface area contributed by atoms with E-state index in [1.165, 1.54) is 43.0 Å². The summed E-state index contributed by atoms with van der Waals surface area (Å²) >= 11 is 1.87. The Balaban J connectivity index is 0.000000348. The predicted octanol–water partition coefficient (Wildman–Crippen LogP) is 4.75. The smallest absolute Gasteiger partial charge is 0.475 e. The number of hydrogen-bond acceptors (Lipinski definition) is 7. The van der Waals surface area contributed by atoms with Crippen molar-refractivity contribution in [2.24, 2.45) is 5.41 Å². The van der Waals surface area contributed by atoms with E-state index in [2.05, 4.69) is 38.4 Å². The van der Waals surface area contributed by atoms with Gasteiger partial charge >= 0.3 is 36.4 Å². The zero-order valence-electron chi connectivity index (χ0n) is 21.2. The van der Waals surface area contributed by atoms with Crippen LogP contribution >= 0.6 is 11.3 Å². The number of nitrogens with zero attached hydrogens (tertiary/aromatic N) is 3. The normalized spacial score (nSPS) is 16.5. The van der Waals surface area contributed by atoms with Crippen molar-refractivity contribution in [2.75, 3.05) is 26.2 Å². The molecule has 9 nitrogen and oxygen atoms in total. The van der Waals surface area contributed by atoms with Gasteiger partial charge < -0.3 is 15.3 Å². The SMILES string of the molecule is O=C(O)C(F)(F)F.O=C(O)C(F)(F)F.O=C(O)C(F)(F)F.c1cncc(CN2CCC3(C2)CN(Cc2cccs2)C3)c1. The van der Waals surface area contributed by atoms with Crippen LogP contribution in [0.5, 0.6) is 0 Å². The lowest BCUT2D eigenvalue weighted by Crippen LogP contribution is -2.56. The summed E-state index contributed by atoms with van der Waals surface area (Å²) in [6, 6.07) is 8.62. The highest BCUT2D eigenvalue weighted by Gasteiger charge is 2.47. The van der Waals surface area contributed by atoms with E-state index in [0.717, 1.165) is 13.1 Å². The maximum Gasteiger partial charge on any atom is 0.490 e. The first-order valence-corrected chi connectivity index (χ1v) is 12.3. The Bertz CT molecular complexity index is 1080. The molecule has 4 heterocycles. The second-order valence-corrected chi connectivity index (χ2v) is 9.99. The van der Waals surface area contributed by atoms with Crippen molar-refractivity contribution in [2.45, 2.75) is 38.0 Å². The van der Waals surface area contributed by atoms with E-state index in [1.807, 2.05) is 29.8 Å². The molecule has 42 heavy (non-hydrogen) atoms. The summed E-state index contributed by atoms with van der Waals surface area (Å²) in [6.07, 6.45) is -10.0. The number of likely N-dealkylation sites (tertiary alicyclic amines) is 2. The summed E-state index contributed by atoms with van der Waals surface area (Å²) in [5.74, 6) is -8.27. The van der Waals surface area contributed by atoms with E-state index in [0.29, 0.717) is 5.41 Å². The Morgan fingerprint density at radius 3 is 1.64 bits per heavy atom. The topological polar surface area (TPSA) is 131 Å². The quantitative estimate of drug-likeness (QED) is 0.405. The maximum absolute atomic E-state index is 10.6. The number of thiophene rings is 1. The summed E-state index contributed by atoms with van der Waals surface area (Å²) in [6.45, 7) is 7.23. The van der Waals surface area contributed by atoms with Crippen molar-refractivity contribution < 1.29 is 69.2 Å². The maximum atomic E-state index is 10.6. The summed E-state index contributed by atoms with van der Waals surface area (Å²) in [5.41, 5.74) is 1.91. The molecule has 0 radical (unpaired) electrons. The van der Waals surface area contributed by atoms with E-state index in [-0.39, 0.29) is 0 Å². The van der Waals surface area contributed by atoms with E-state index in [9.17, 15) is 39.5 Å². The van der Waals surface area contributed by atoms with Crippen molar-refractivity contribution in [3.63, 3.8) is 0 Å². The summed E-state index contributed by atoms with van der Waals surface area (Å²) in [7, 11) is 0. The summed E-state index contributed by atoms with van der Waals surface area (Å²) in [4.78, 5) is 37.6. The van der Waals surface area contributed by atoms with Crippen LogP contribution in [-0.4, -0.2) is 92.7 Å². The Labute approximate surface area is 235 Å². The van der Waals surface area contributed by atoms with Gasteiger partial charge in [0.15, 0.2) is 0 Å². The molecule has 1 spiro atoms. The fourth-order valence-electron chi connectivity index (χ4n) is 3.81. The molecule has 0 aliphatic carbocycles. The number of alkyl halides is 9. The Kier molecular flexibility index (Phi) is 13.2. The van der Waals surface area contributed by atoms with Gasteiger partial charge in [0.25, 0.3) is 0 Å². The lowest BCUT2D eigenvalue weighted by molar-refractivity contribution is -0.193. The minimum absolute atomic E-state index is 0.569. The molecule has 0 aromatic carbocycles. The van der Waals surface area contributed by atoms with Gasteiger partial charge in [-0.1, -0.05) is 12.1 Å². The van der Waals surface area contributed by atoms with Gasteiger partial charge in [0.2, 0.25) is 0 Å². The third kappa shape index (κ3) is 13.5. The number of carboxylic acid groups (broad SMARTS) is 3. The fraction of sp³-hybridized carbons (Fsp3) is 0.478. The average Bonchev–Trinajstić information content (AvgIpc) is 3.49. The van der Waals surface area contributed by atoms with Crippen LogP contribution in [0.2, 0.25) is 0 Å². The Hall–Kier alpha value is -3.45. The minimum Gasteiger partial charge on any atom is -0.475 e. The van der Waals surface area contributed by atoms with Gasteiger partial charge in [-0.15, -0.1) is 11.3 Å². The molecular formula is C23H24F9N3O6S. The van der Waals surface area contributed by atoms with E-state index >= 15 is 0 Å². The highest BCUT2D eigenvalue weighted by molar-refractivity contribution is 7.09. The van der Waals surface area contributed by atoms with Crippen molar-refractivity contribution in [1.29, 1.82) is 0 Å². The molecule has 0 atom stereocenters. The molecule has 19 heteroatoms. The lowest BCUT2D eigenvalue weighted by atomic mass is 9.79. The lowest BCUT2D eigenvalue weighted by Gasteiger charge is -2.48. The fourth-order valence-corrected chi connectivity index (χ4v) is 4.55. The average molecular weight is 642 g/mol. The van der Waals surface area contributed by atoms with Crippen molar-refractivity contribution in [3.8, 4) is 0 Å². The molecule has 2 aromatic rings. The second kappa shape index (κ2) is 15.1. The zero-order valence-corrected chi connectivity index (χ0v) is 22.0. The van der Waals surface area contributed by atoms with Crippen molar-refractivity contribution in [3.05, 3.63) is 52.5 Å². The van der Waals surface area contributed by atoms with Crippen LogP contribution in [0, 0.1) is 5.41 Å². The van der Waals surface area contributed by atoms with Gasteiger partial charge in [0, 0.05) is 55.4 Å². The Morgan fingerprint density at radius 1 is 0.786 bits per heavy atom. The molecule has 4 rings (SSSR count). The molecule has 236 valence electrons. The van der Waals surface area contributed by atoms with Crippen molar-refractivity contribution >= 4 is 29.2 Å². The number of aromatic nitrogens is 1. The molecule has 2 aliphatic heterocycles. The highest BCUT2D eigenvalue weighted by atomic mass is 32.1. The number of aliphatic carboxylic acids is 3. The first-order valence-electron chi connectivity index (χ1n) is 11.4. The van der Waals surface area contributed by atoms with E-state index in [4.69, 9.17) is 29.7 Å². The number of carbonyl (C=O) groups is 3. The largest absolute Gasteiger partial charge is 0.490 e. The van der Waals surface area contributed by atoms with Crippen LogP contribution in [0.1, 0.15) is 16.9 Å². The molecule has 3 N–H and O–H groups in total. The molecule has 0 amide bonds. The van der Waals surface area contributed by atoms with Gasteiger partial charge in [-0.2, -0.15) is 39.5 Å². The molecule has 2 aliphatic rings. The first kappa shape index (κ1) is 36.6. The number of hydrogen-bond donors (Lipinski definition) is 3. The third-order valence-corrected chi connectivity index (χ3v) is 6.31. The zero-order chi connectivity index (χ0) is 32.4. The number of halogens is 9. The van der Waals surface area contributed by atoms with Crippen LogP contribution in [0.15, 0.2) is 42.0 Å². The first-order chi connectivity index (χ1) is 19.1. The van der Waals surface area contributed by atoms with Gasteiger partial charge in [0.05, 0.1) is 0 Å². The predicted molar refractivity (Wildman–Crippen MR) is 127 cm³/mol. The minimum atomic E-state index is -5.08. The number of pyridine rings is 1. The molecular weight excluding hydrogens is 617 g/mol. The van der Waals surface area contributed by atoms with Gasteiger partial charge in [-0.25, -0.2) is 14.4 Å². The van der Waals surface area contributed by atoms with Gasteiger partial charge in [-0.05, 0) is 36.0 Å². The molecule has 2 aromatic heterocycles. The monoisotopic (exact) mass is 641 g/mol. The summed E-state index contributed by atoms with van der Waals surface area (Å²) < 4.78 is 95.2. The van der Waals surface area contributed by atoms with Crippen LogP contribution in [0.4, 0.5) is 39.5 Å². The van der Waals surface area contributed by atoms with Crippen LogP contribution in [-0.2, 0) is 27.5 Å². The van der Waals surface area contributed by atoms with Gasteiger partial charge in [0.1, 0.15) is 0 Å². The standard InChI is InChI=1S/C17H21N3S.3C2HF3O2/c1-3-15(9-18-6-1)10-19-7-5-17(12-19)13-20(14-17)11-16-4-2-8-21-16;3*3-2(4,5)1(6)7/h1-4,6,8-9H,5,7,10-14H2;3*(H,6,7). The van der Waals surface area contributed by atoms with Crippen LogP contribution in [0.25, 0.3) is 0 Å². The van der Waals surface area contributed by atoms with Gasteiger partial charge in [-0.3, -0.25) is 14.8 Å². The van der Waals surface area contributed by atoms with Crippen LogP contribution in [0.3, 0.4) is 0 Å². The molecule has 0 saturated carbocycles. The molecule has 2 saturated heterocycles. The molecule has 0 bridgehead atoms. The number of carboxylic acids is 3. The summed E-state index contributed by atoms with van der Waals surface area (Å²) in [5, 5.41) is 23.6. The Morgan fingerprint density at radius 2 is 1.26 bits per heavy atom. The van der Waals surface area contributed by atoms with E-state index < -0.39 is 36.4 Å². The molecule has 2 fully saturated rings. The third-order valence-electron chi connectivity index (χ3n) is 5.45. The van der Waals surface area contributed by atoms with E-state index in [1.54, 1.807) is 0 Å². The van der Waals surface area contributed by atoms with Crippen molar-refractivity contribution in [1.82, 2.24) is 14.8 Å².